The van der Waals surface area contributed by atoms with Crippen LogP contribution in [-0.2, 0) is 9.53 Å². The minimum atomic E-state index is 0.108. The first-order chi connectivity index (χ1) is 8.67. The predicted molar refractivity (Wildman–Crippen MR) is 72.3 cm³/mol. The van der Waals surface area contributed by atoms with Crippen LogP contribution in [0.3, 0.4) is 0 Å². The Kier molecular flexibility index (Phi) is 7.23. The second-order valence-electron chi connectivity index (χ2n) is 5.05. The monoisotopic (exact) mass is 257 g/mol. The van der Waals surface area contributed by atoms with E-state index in [0.29, 0.717) is 31.7 Å². The van der Waals surface area contributed by atoms with Crippen molar-refractivity contribution < 1.29 is 9.53 Å². The van der Waals surface area contributed by atoms with Crippen LogP contribution in [0.2, 0.25) is 0 Å². The Morgan fingerprint density at radius 3 is 3.00 bits per heavy atom. The summed E-state index contributed by atoms with van der Waals surface area (Å²) in [4.78, 5) is 13.9. The van der Waals surface area contributed by atoms with Crippen molar-refractivity contribution in [1.29, 1.82) is 0 Å². The third-order valence-electron chi connectivity index (χ3n) is 3.62. The summed E-state index contributed by atoms with van der Waals surface area (Å²) in [6.07, 6.45) is 2.95. The molecule has 1 rings (SSSR count). The molecule has 0 aliphatic carbocycles. The number of carbonyl (C=O) groups is 1. The largest absolute Gasteiger partial charge is 0.385 e. The molecule has 1 aliphatic rings. The number of hydrogen-bond acceptors (Lipinski definition) is 4. The van der Waals surface area contributed by atoms with Crippen molar-refractivity contribution in [3.05, 3.63) is 0 Å². The van der Waals surface area contributed by atoms with Crippen molar-refractivity contribution in [3.8, 4) is 0 Å². The van der Waals surface area contributed by atoms with Gasteiger partial charge in [-0.3, -0.25) is 9.69 Å². The van der Waals surface area contributed by atoms with E-state index < -0.39 is 0 Å². The first kappa shape index (κ1) is 15.4. The van der Waals surface area contributed by atoms with Crippen molar-refractivity contribution >= 4 is 5.91 Å². The number of hydrogen-bond donors (Lipinski definition) is 2. The van der Waals surface area contributed by atoms with Gasteiger partial charge in [0.2, 0.25) is 5.91 Å². The highest BCUT2D eigenvalue weighted by Gasteiger charge is 2.26. The fourth-order valence-electron chi connectivity index (χ4n) is 2.40. The van der Waals surface area contributed by atoms with Crippen molar-refractivity contribution in [3.63, 3.8) is 0 Å². The number of nitrogens with zero attached hydrogens (tertiary/aromatic N) is 1. The van der Waals surface area contributed by atoms with Crippen LogP contribution in [0.5, 0.6) is 0 Å². The Morgan fingerprint density at radius 1 is 1.56 bits per heavy atom. The van der Waals surface area contributed by atoms with Crippen molar-refractivity contribution in [2.75, 3.05) is 39.9 Å². The summed E-state index contributed by atoms with van der Waals surface area (Å²) in [5.74, 6) is 0.636. The molecular weight excluding hydrogens is 230 g/mol. The topological polar surface area (TPSA) is 67.6 Å². The fourth-order valence-corrected chi connectivity index (χ4v) is 2.40. The number of rotatable bonds is 7. The Labute approximate surface area is 110 Å². The van der Waals surface area contributed by atoms with Gasteiger partial charge in [-0.05, 0) is 18.8 Å². The molecule has 18 heavy (non-hydrogen) atoms. The Hall–Kier alpha value is -0.650. The maximum absolute atomic E-state index is 11.7. The van der Waals surface area contributed by atoms with Gasteiger partial charge in [-0.15, -0.1) is 0 Å². The molecule has 5 nitrogen and oxygen atoms in total. The van der Waals surface area contributed by atoms with E-state index in [-0.39, 0.29) is 5.91 Å². The zero-order chi connectivity index (χ0) is 13.4. The van der Waals surface area contributed by atoms with Crippen LogP contribution in [0.25, 0.3) is 0 Å². The van der Waals surface area contributed by atoms with E-state index in [9.17, 15) is 4.79 Å². The lowest BCUT2D eigenvalue weighted by atomic mass is 9.91. The molecule has 0 aromatic rings. The van der Waals surface area contributed by atoms with Crippen LogP contribution in [0, 0.1) is 5.92 Å². The zero-order valence-corrected chi connectivity index (χ0v) is 11.7. The van der Waals surface area contributed by atoms with Gasteiger partial charge in [0.15, 0.2) is 0 Å². The minimum absolute atomic E-state index is 0.108. The molecule has 2 atom stereocenters. The van der Waals surface area contributed by atoms with Crippen molar-refractivity contribution in [1.82, 2.24) is 10.2 Å². The number of carbonyl (C=O) groups excluding carboxylic acids is 1. The summed E-state index contributed by atoms with van der Waals surface area (Å²) in [5, 5.41) is 2.92. The van der Waals surface area contributed by atoms with Gasteiger partial charge >= 0.3 is 0 Å². The van der Waals surface area contributed by atoms with Crippen molar-refractivity contribution in [2.24, 2.45) is 11.7 Å². The standard InChI is InChI=1S/C13H27N3O2/c1-3-11-9-16(7-5-12(11)14)10-13(17)15-6-4-8-18-2/h11-12H,3-10,14H2,1-2H3,(H,15,17). The number of ether oxygens (including phenoxy) is 1. The van der Waals surface area contributed by atoms with Gasteiger partial charge in [0.1, 0.15) is 0 Å². The van der Waals surface area contributed by atoms with E-state index in [1.54, 1.807) is 7.11 Å². The summed E-state index contributed by atoms with van der Waals surface area (Å²) < 4.78 is 4.94. The lowest BCUT2D eigenvalue weighted by Gasteiger charge is -2.36. The number of piperidine rings is 1. The molecule has 1 aliphatic heterocycles. The van der Waals surface area contributed by atoms with Crippen LogP contribution in [0.15, 0.2) is 0 Å². The molecule has 0 aromatic carbocycles. The van der Waals surface area contributed by atoms with Crippen LogP contribution in [-0.4, -0.2) is 56.7 Å². The lowest BCUT2D eigenvalue weighted by molar-refractivity contribution is -0.122. The van der Waals surface area contributed by atoms with Gasteiger partial charge in [-0.2, -0.15) is 0 Å². The molecule has 5 heteroatoms. The summed E-state index contributed by atoms with van der Waals surface area (Å²) in [6, 6.07) is 0.302. The molecular formula is C13H27N3O2. The van der Waals surface area contributed by atoms with Crippen LogP contribution in [0.1, 0.15) is 26.2 Å². The lowest BCUT2D eigenvalue weighted by Crippen LogP contribution is -2.49. The maximum Gasteiger partial charge on any atom is 0.234 e. The first-order valence-electron chi connectivity index (χ1n) is 6.91. The van der Waals surface area contributed by atoms with Gasteiger partial charge in [0.25, 0.3) is 0 Å². The van der Waals surface area contributed by atoms with E-state index >= 15 is 0 Å². The summed E-state index contributed by atoms with van der Waals surface area (Å²) >= 11 is 0. The highest BCUT2D eigenvalue weighted by Crippen LogP contribution is 2.17. The van der Waals surface area contributed by atoms with Gasteiger partial charge in [-0.1, -0.05) is 13.3 Å². The Balaban J connectivity index is 2.19. The SMILES string of the molecule is CCC1CN(CC(=O)NCCCOC)CCC1N. The highest BCUT2D eigenvalue weighted by molar-refractivity contribution is 5.77. The van der Waals surface area contributed by atoms with E-state index in [2.05, 4.69) is 17.1 Å². The minimum Gasteiger partial charge on any atom is -0.385 e. The second kappa shape index (κ2) is 8.45. The van der Waals surface area contributed by atoms with E-state index in [4.69, 9.17) is 10.5 Å². The number of likely N-dealkylation sites (tertiary alicyclic amines) is 1. The summed E-state index contributed by atoms with van der Waals surface area (Å²) in [5.41, 5.74) is 6.05. The maximum atomic E-state index is 11.7. The van der Waals surface area contributed by atoms with E-state index in [1.165, 1.54) is 0 Å². The predicted octanol–water partition coefficient (Wildman–Crippen LogP) is 0.198. The third kappa shape index (κ3) is 5.33. The first-order valence-corrected chi connectivity index (χ1v) is 6.91. The smallest absolute Gasteiger partial charge is 0.234 e. The van der Waals surface area contributed by atoms with Gasteiger partial charge in [-0.25, -0.2) is 0 Å². The molecule has 1 fully saturated rings. The van der Waals surface area contributed by atoms with Crippen molar-refractivity contribution in [2.45, 2.75) is 32.2 Å². The fraction of sp³-hybridized carbons (Fsp3) is 0.923. The second-order valence-corrected chi connectivity index (χ2v) is 5.05. The molecule has 0 saturated carbocycles. The van der Waals surface area contributed by atoms with Gasteiger partial charge < -0.3 is 15.8 Å². The molecule has 1 saturated heterocycles. The van der Waals surface area contributed by atoms with Crippen LogP contribution < -0.4 is 11.1 Å². The third-order valence-corrected chi connectivity index (χ3v) is 3.62. The summed E-state index contributed by atoms with van der Waals surface area (Å²) in [6.45, 7) is 5.93. The molecule has 1 amide bonds. The molecule has 0 spiro atoms. The van der Waals surface area contributed by atoms with Crippen LogP contribution in [0.4, 0.5) is 0 Å². The average molecular weight is 257 g/mol. The zero-order valence-electron chi connectivity index (χ0n) is 11.7. The molecule has 0 bridgehead atoms. The highest BCUT2D eigenvalue weighted by atomic mass is 16.5. The molecule has 0 radical (unpaired) electrons. The van der Waals surface area contributed by atoms with E-state index in [1.807, 2.05) is 0 Å². The Morgan fingerprint density at radius 2 is 2.33 bits per heavy atom. The molecule has 2 unspecified atom stereocenters. The molecule has 3 N–H and O–H groups in total. The molecule has 1 heterocycles. The van der Waals surface area contributed by atoms with Gasteiger partial charge in [0.05, 0.1) is 6.54 Å². The molecule has 106 valence electrons. The normalized spacial score (nSPS) is 25.1. The number of nitrogens with one attached hydrogen (secondary N) is 1. The van der Waals surface area contributed by atoms with E-state index in [0.717, 1.165) is 32.4 Å². The number of methoxy groups -OCH3 is 1. The van der Waals surface area contributed by atoms with Crippen LogP contribution >= 0.6 is 0 Å². The number of amides is 1. The average Bonchev–Trinajstić information content (AvgIpc) is 2.37. The quantitative estimate of drug-likeness (QED) is 0.639. The molecule has 0 aromatic heterocycles. The number of nitrogens with two attached hydrogens (primary N) is 1. The summed E-state index contributed by atoms with van der Waals surface area (Å²) in [7, 11) is 1.67. The Bertz CT molecular complexity index is 248. The van der Waals surface area contributed by atoms with Gasteiger partial charge in [0, 0.05) is 39.4 Å².